The van der Waals surface area contributed by atoms with E-state index >= 15 is 0 Å². The van der Waals surface area contributed by atoms with Gasteiger partial charge < -0.3 is 5.11 Å². The highest BCUT2D eigenvalue weighted by Crippen LogP contribution is 2.29. The summed E-state index contributed by atoms with van der Waals surface area (Å²) in [6.07, 6.45) is 0. The van der Waals surface area contributed by atoms with E-state index in [2.05, 4.69) is 9.97 Å². The Morgan fingerprint density at radius 1 is 1.40 bits per heavy atom. The second-order valence-electron chi connectivity index (χ2n) is 4.20. The zero-order valence-electron chi connectivity index (χ0n) is 9.24. The average Bonchev–Trinajstić information content (AvgIpc) is 1.99. The molecule has 1 heterocycles. The van der Waals surface area contributed by atoms with E-state index in [1.54, 1.807) is 6.92 Å². The average molecular weight is 226 g/mol. The molecule has 4 nitrogen and oxygen atoms in total. The fourth-order valence-electron chi connectivity index (χ4n) is 0.970. The number of thioether (sulfide) groups is 1. The molecule has 0 aliphatic heterocycles. The van der Waals surface area contributed by atoms with Gasteiger partial charge in [-0.05, 0) is 13.0 Å². The third-order valence-electron chi connectivity index (χ3n) is 1.45. The number of carboxylic acids is 1. The lowest BCUT2D eigenvalue weighted by atomic mass is 10.3. The predicted molar refractivity (Wildman–Crippen MR) is 59.3 cm³/mol. The van der Waals surface area contributed by atoms with E-state index in [4.69, 9.17) is 5.11 Å². The van der Waals surface area contributed by atoms with Gasteiger partial charge in [-0.1, -0.05) is 32.5 Å². The number of aryl methyl sites for hydroxylation is 1. The number of hydrogen-bond acceptors (Lipinski definition) is 4. The fraction of sp³-hybridized carbons (Fsp3) is 0.500. The Kier molecular flexibility index (Phi) is 3.34. The van der Waals surface area contributed by atoms with Crippen molar-refractivity contribution in [2.45, 2.75) is 37.6 Å². The molecule has 0 atom stereocenters. The van der Waals surface area contributed by atoms with Gasteiger partial charge in [-0.15, -0.1) is 0 Å². The number of nitrogens with zero attached hydrogens (tertiary/aromatic N) is 2. The lowest BCUT2D eigenvalue weighted by molar-refractivity contribution is 0.0689. The van der Waals surface area contributed by atoms with Gasteiger partial charge in [-0.3, -0.25) is 0 Å². The van der Waals surface area contributed by atoms with Crippen molar-refractivity contribution in [2.24, 2.45) is 0 Å². The van der Waals surface area contributed by atoms with Gasteiger partial charge in [0.1, 0.15) is 0 Å². The van der Waals surface area contributed by atoms with Crippen molar-refractivity contribution in [1.82, 2.24) is 9.97 Å². The quantitative estimate of drug-likeness (QED) is 0.619. The fourth-order valence-corrected chi connectivity index (χ4v) is 1.85. The molecular weight excluding hydrogens is 212 g/mol. The topological polar surface area (TPSA) is 63.1 Å². The molecule has 1 aromatic rings. The molecule has 0 fully saturated rings. The monoisotopic (exact) mass is 226 g/mol. The van der Waals surface area contributed by atoms with Crippen molar-refractivity contribution in [3.05, 3.63) is 17.5 Å². The van der Waals surface area contributed by atoms with Crippen molar-refractivity contribution in [2.75, 3.05) is 0 Å². The van der Waals surface area contributed by atoms with Crippen molar-refractivity contribution >= 4 is 17.7 Å². The predicted octanol–water partition coefficient (Wildman–Crippen LogP) is 2.37. The highest BCUT2D eigenvalue weighted by atomic mass is 32.2. The molecular formula is C10H14N2O2S. The summed E-state index contributed by atoms with van der Waals surface area (Å²) in [7, 11) is 0. The van der Waals surface area contributed by atoms with Crippen molar-refractivity contribution in [1.29, 1.82) is 0 Å². The molecule has 0 saturated carbocycles. The van der Waals surface area contributed by atoms with Gasteiger partial charge >= 0.3 is 5.97 Å². The Morgan fingerprint density at radius 3 is 2.47 bits per heavy atom. The summed E-state index contributed by atoms with van der Waals surface area (Å²) in [4.78, 5) is 18.9. The number of carboxylic acid groups (broad SMARTS) is 1. The number of rotatable bonds is 2. The van der Waals surface area contributed by atoms with Gasteiger partial charge in [-0.2, -0.15) is 0 Å². The van der Waals surface area contributed by atoms with E-state index in [1.165, 1.54) is 17.8 Å². The Labute approximate surface area is 93.1 Å². The maximum atomic E-state index is 10.8. The summed E-state index contributed by atoms with van der Waals surface area (Å²) in [6.45, 7) is 7.86. The standard InChI is InChI=1S/C10H14N2O2S/c1-6-5-7(8(13)14)12-9(11-6)15-10(2,3)4/h5H,1-4H3,(H,13,14). The van der Waals surface area contributed by atoms with Crippen LogP contribution in [0.25, 0.3) is 0 Å². The van der Waals surface area contributed by atoms with E-state index in [-0.39, 0.29) is 10.4 Å². The molecule has 0 saturated heterocycles. The summed E-state index contributed by atoms with van der Waals surface area (Å²) in [5.74, 6) is -1.02. The van der Waals surface area contributed by atoms with Crippen LogP contribution in [0.3, 0.4) is 0 Å². The lowest BCUT2D eigenvalue weighted by Crippen LogP contribution is -2.10. The van der Waals surface area contributed by atoms with E-state index < -0.39 is 5.97 Å². The summed E-state index contributed by atoms with van der Waals surface area (Å²) < 4.78 is -0.0242. The summed E-state index contributed by atoms with van der Waals surface area (Å²) >= 11 is 1.46. The zero-order chi connectivity index (χ0) is 11.6. The SMILES string of the molecule is Cc1cc(C(=O)O)nc(SC(C)(C)C)n1. The third kappa shape index (κ3) is 3.87. The number of carbonyl (C=O) groups is 1. The van der Waals surface area contributed by atoms with Crippen LogP contribution in [0.2, 0.25) is 0 Å². The summed E-state index contributed by atoms with van der Waals surface area (Å²) in [6, 6.07) is 1.47. The number of aromatic nitrogens is 2. The van der Waals surface area contributed by atoms with E-state index in [0.717, 1.165) is 0 Å². The van der Waals surface area contributed by atoms with Gasteiger partial charge in [0, 0.05) is 10.4 Å². The Morgan fingerprint density at radius 2 is 2.00 bits per heavy atom. The molecule has 0 unspecified atom stereocenters. The van der Waals surface area contributed by atoms with Crippen LogP contribution in [0.15, 0.2) is 11.2 Å². The van der Waals surface area contributed by atoms with Crippen LogP contribution in [0.4, 0.5) is 0 Å². The van der Waals surface area contributed by atoms with Crippen LogP contribution in [0.1, 0.15) is 37.0 Å². The molecule has 0 amide bonds. The van der Waals surface area contributed by atoms with Crippen LogP contribution >= 0.6 is 11.8 Å². The molecule has 1 rings (SSSR count). The Bertz CT molecular complexity index is 385. The largest absolute Gasteiger partial charge is 0.477 e. The van der Waals surface area contributed by atoms with Crippen LogP contribution < -0.4 is 0 Å². The second-order valence-corrected chi connectivity index (χ2v) is 5.99. The van der Waals surface area contributed by atoms with Crippen LogP contribution in [-0.2, 0) is 0 Å². The van der Waals surface area contributed by atoms with Gasteiger partial charge in [-0.25, -0.2) is 14.8 Å². The first kappa shape index (κ1) is 12.0. The van der Waals surface area contributed by atoms with Crippen LogP contribution in [-0.4, -0.2) is 25.8 Å². The molecule has 0 bridgehead atoms. The minimum atomic E-state index is -1.02. The Hall–Kier alpha value is -1.10. The van der Waals surface area contributed by atoms with Crippen molar-refractivity contribution < 1.29 is 9.90 Å². The van der Waals surface area contributed by atoms with Gasteiger partial charge in [0.25, 0.3) is 0 Å². The molecule has 0 spiro atoms. The van der Waals surface area contributed by atoms with Crippen LogP contribution in [0.5, 0.6) is 0 Å². The molecule has 0 aliphatic rings. The minimum absolute atomic E-state index is 0.0242. The molecule has 82 valence electrons. The molecule has 0 radical (unpaired) electrons. The maximum Gasteiger partial charge on any atom is 0.354 e. The smallest absolute Gasteiger partial charge is 0.354 e. The van der Waals surface area contributed by atoms with E-state index in [9.17, 15) is 4.79 Å². The van der Waals surface area contributed by atoms with Crippen molar-refractivity contribution in [3.8, 4) is 0 Å². The first-order valence-electron chi connectivity index (χ1n) is 4.56. The molecule has 1 N–H and O–H groups in total. The van der Waals surface area contributed by atoms with Crippen molar-refractivity contribution in [3.63, 3.8) is 0 Å². The highest BCUT2D eigenvalue weighted by molar-refractivity contribution is 8.00. The van der Waals surface area contributed by atoms with Gasteiger partial charge in [0.05, 0.1) is 0 Å². The third-order valence-corrected chi connectivity index (χ3v) is 2.43. The van der Waals surface area contributed by atoms with Gasteiger partial charge in [0.15, 0.2) is 10.9 Å². The molecule has 0 aromatic carbocycles. The Balaban J connectivity index is 3.04. The van der Waals surface area contributed by atoms with Gasteiger partial charge in [0.2, 0.25) is 0 Å². The number of hydrogen-bond donors (Lipinski definition) is 1. The second kappa shape index (κ2) is 4.18. The molecule has 1 aromatic heterocycles. The molecule has 0 aliphatic carbocycles. The minimum Gasteiger partial charge on any atom is -0.477 e. The molecule has 15 heavy (non-hydrogen) atoms. The summed E-state index contributed by atoms with van der Waals surface area (Å²) in [5.41, 5.74) is 0.725. The first-order chi connectivity index (χ1) is 6.78. The van der Waals surface area contributed by atoms with Crippen LogP contribution in [0, 0.1) is 6.92 Å². The summed E-state index contributed by atoms with van der Waals surface area (Å²) in [5, 5.41) is 9.35. The lowest BCUT2D eigenvalue weighted by Gasteiger charge is -2.16. The van der Waals surface area contributed by atoms with E-state index in [1.807, 2.05) is 20.8 Å². The first-order valence-corrected chi connectivity index (χ1v) is 5.37. The highest BCUT2D eigenvalue weighted by Gasteiger charge is 2.16. The maximum absolute atomic E-state index is 10.8. The normalized spacial score (nSPS) is 11.5. The zero-order valence-corrected chi connectivity index (χ0v) is 10.1. The van der Waals surface area contributed by atoms with E-state index in [0.29, 0.717) is 10.9 Å². The molecule has 5 heteroatoms. The number of aromatic carboxylic acids is 1.